The monoisotopic (exact) mass is 229 g/mol. The average molecular weight is 229 g/mol. The second-order valence-electron chi connectivity index (χ2n) is 3.69. The number of pyridine rings is 1. The minimum atomic E-state index is -1.21. The van der Waals surface area contributed by atoms with E-state index in [-0.39, 0.29) is 5.56 Å². The van der Waals surface area contributed by atoms with Crippen molar-refractivity contribution in [1.29, 1.82) is 0 Å². The Morgan fingerprint density at radius 2 is 1.82 bits per heavy atom. The molecule has 1 aromatic heterocycles. The Balaban J connectivity index is 2.27. The first kappa shape index (κ1) is 11.1. The minimum absolute atomic E-state index is 0.234. The molecule has 0 spiro atoms. The van der Waals surface area contributed by atoms with Crippen molar-refractivity contribution in [3.8, 4) is 0 Å². The summed E-state index contributed by atoms with van der Waals surface area (Å²) in [6.07, 6.45) is 0.579. The molecule has 1 heterocycles. The van der Waals surface area contributed by atoms with E-state index in [2.05, 4.69) is 4.98 Å². The van der Waals surface area contributed by atoms with Gasteiger partial charge in [0.1, 0.15) is 5.56 Å². The highest BCUT2D eigenvalue weighted by atomic mass is 16.4. The van der Waals surface area contributed by atoms with Gasteiger partial charge in [-0.15, -0.1) is 0 Å². The van der Waals surface area contributed by atoms with E-state index in [0.717, 1.165) is 5.56 Å². The van der Waals surface area contributed by atoms with E-state index in [4.69, 9.17) is 5.11 Å². The molecule has 2 N–H and O–H groups in total. The van der Waals surface area contributed by atoms with E-state index in [9.17, 15) is 9.59 Å². The summed E-state index contributed by atoms with van der Waals surface area (Å²) in [5.74, 6) is -1.21. The molecule has 0 fully saturated rings. The van der Waals surface area contributed by atoms with E-state index in [0.29, 0.717) is 12.1 Å². The van der Waals surface area contributed by atoms with Crippen LogP contribution >= 0.6 is 0 Å². The summed E-state index contributed by atoms with van der Waals surface area (Å²) in [6, 6.07) is 12.6. The molecule has 0 bridgehead atoms. The van der Waals surface area contributed by atoms with Gasteiger partial charge >= 0.3 is 5.97 Å². The highest BCUT2D eigenvalue weighted by Crippen LogP contribution is 2.05. The maximum Gasteiger partial charge on any atom is 0.341 e. The highest BCUT2D eigenvalue weighted by Gasteiger charge is 2.08. The normalized spacial score (nSPS) is 10.1. The van der Waals surface area contributed by atoms with Gasteiger partial charge in [0, 0.05) is 12.1 Å². The molecule has 0 aliphatic rings. The summed E-state index contributed by atoms with van der Waals surface area (Å²) < 4.78 is 0. The second-order valence-corrected chi connectivity index (χ2v) is 3.69. The van der Waals surface area contributed by atoms with Crippen LogP contribution < -0.4 is 5.56 Å². The number of aromatic nitrogens is 1. The van der Waals surface area contributed by atoms with Gasteiger partial charge in [-0.1, -0.05) is 30.3 Å². The molecule has 4 heteroatoms. The predicted octanol–water partition coefficient (Wildman–Crippen LogP) is 1.66. The summed E-state index contributed by atoms with van der Waals surface area (Å²) in [4.78, 5) is 24.7. The molecular weight excluding hydrogens is 218 g/mol. The van der Waals surface area contributed by atoms with Crippen molar-refractivity contribution >= 4 is 5.97 Å². The number of H-pyrrole nitrogens is 1. The van der Waals surface area contributed by atoms with Crippen molar-refractivity contribution in [2.45, 2.75) is 6.42 Å². The standard InChI is InChI=1S/C13H11NO3/c15-12-11(13(16)17)7-6-10(14-12)8-9-4-2-1-3-5-9/h1-7H,8H2,(H,14,15)(H,16,17). The zero-order valence-corrected chi connectivity index (χ0v) is 9.01. The Kier molecular flexibility index (Phi) is 3.05. The van der Waals surface area contributed by atoms with Crippen LogP contribution in [0.15, 0.2) is 47.3 Å². The third kappa shape index (κ3) is 2.60. The number of carbonyl (C=O) groups is 1. The number of carboxylic acids is 1. The number of rotatable bonds is 3. The van der Waals surface area contributed by atoms with Gasteiger partial charge < -0.3 is 10.1 Å². The molecule has 0 aliphatic carbocycles. The average Bonchev–Trinajstić information content (AvgIpc) is 2.30. The van der Waals surface area contributed by atoms with Crippen LogP contribution in [-0.2, 0) is 6.42 Å². The van der Waals surface area contributed by atoms with Crippen LogP contribution in [0, 0.1) is 0 Å². The van der Waals surface area contributed by atoms with Gasteiger partial charge in [0.05, 0.1) is 0 Å². The van der Waals surface area contributed by atoms with E-state index in [1.54, 1.807) is 6.07 Å². The van der Waals surface area contributed by atoms with Crippen molar-refractivity contribution in [3.63, 3.8) is 0 Å². The quantitative estimate of drug-likeness (QED) is 0.840. The molecule has 0 amide bonds. The lowest BCUT2D eigenvalue weighted by Crippen LogP contribution is -2.18. The Hall–Kier alpha value is -2.36. The van der Waals surface area contributed by atoms with Crippen LogP contribution in [-0.4, -0.2) is 16.1 Å². The summed E-state index contributed by atoms with van der Waals surface area (Å²) >= 11 is 0. The van der Waals surface area contributed by atoms with Crippen molar-refractivity contribution in [2.75, 3.05) is 0 Å². The van der Waals surface area contributed by atoms with Gasteiger partial charge in [0.25, 0.3) is 5.56 Å². The molecular formula is C13H11NO3. The molecule has 2 aromatic rings. The Morgan fingerprint density at radius 3 is 2.41 bits per heavy atom. The topological polar surface area (TPSA) is 70.2 Å². The molecule has 86 valence electrons. The molecule has 0 saturated carbocycles. The number of benzene rings is 1. The minimum Gasteiger partial charge on any atom is -0.477 e. The van der Waals surface area contributed by atoms with Gasteiger partial charge in [0.2, 0.25) is 0 Å². The van der Waals surface area contributed by atoms with E-state index in [1.807, 2.05) is 30.3 Å². The van der Waals surface area contributed by atoms with Crippen LogP contribution in [0.25, 0.3) is 0 Å². The number of aromatic amines is 1. The number of carboxylic acid groups (broad SMARTS) is 1. The first-order chi connectivity index (χ1) is 8.16. The van der Waals surface area contributed by atoms with Gasteiger partial charge in [-0.2, -0.15) is 0 Å². The fourth-order valence-corrected chi connectivity index (χ4v) is 1.60. The zero-order valence-electron chi connectivity index (χ0n) is 9.01. The van der Waals surface area contributed by atoms with Gasteiger partial charge in [0.15, 0.2) is 0 Å². The first-order valence-electron chi connectivity index (χ1n) is 5.16. The van der Waals surface area contributed by atoms with Crippen molar-refractivity contribution in [1.82, 2.24) is 4.98 Å². The van der Waals surface area contributed by atoms with Crippen LogP contribution in [0.4, 0.5) is 0 Å². The van der Waals surface area contributed by atoms with Crippen LogP contribution in [0.2, 0.25) is 0 Å². The third-order valence-electron chi connectivity index (χ3n) is 2.44. The Labute approximate surface area is 97.6 Å². The van der Waals surface area contributed by atoms with Crippen molar-refractivity contribution in [2.24, 2.45) is 0 Å². The smallest absolute Gasteiger partial charge is 0.341 e. The summed E-state index contributed by atoms with van der Waals surface area (Å²) in [5, 5.41) is 8.73. The highest BCUT2D eigenvalue weighted by molar-refractivity contribution is 5.86. The number of nitrogens with one attached hydrogen (secondary N) is 1. The molecule has 17 heavy (non-hydrogen) atoms. The molecule has 0 radical (unpaired) electrons. The second kappa shape index (κ2) is 4.65. The number of aromatic carboxylic acids is 1. The van der Waals surface area contributed by atoms with Crippen LogP contribution in [0.3, 0.4) is 0 Å². The third-order valence-corrected chi connectivity index (χ3v) is 2.44. The molecule has 0 unspecified atom stereocenters. The Bertz CT molecular complexity index is 587. The maximum atomic E-state index is 11.4. The van der Waals surface area contributed by atoms with Crippen LogP contribution in [0.1, 0.15) is 21.6 Å². The summed E-state index contributed by atoms with van der Waals surface area (Å²) in [6.45, 7) is 0. The maximum absolute atomic E-state index is 11.4. The Morgan fingerprint density at radius 1 is 1.12 bits per heavy atom. The summed E-state index contributed by atoms with van der Waals surface area (Å²) in [7, 11) is 0. The van der Waals surface area contributed by atoms with Gasteiger partial charge in [-0.3, -0.25) is 4.79 Å². The van der Waals surface area contributed by atoms with E-state index < -0.39 is 11.5 Å². The fourth-order valence-electron chi connectivity index (χ4n) is 1.60. The predicted molar refractivity (Wildman–Crippen MR) is 63.3 cm³/mol. The van der Waals surface area contributed by atoms with Crippen molar-refractivity contribution < 1.29 is 9.90 Å². The zero-order chi connectivity index (χ0) is 12.3. The van der Waals surface area contributed by atoms with Gasteiger partial charge in [-0.05, 0) is 17.7 Å². The van der Waals surface area contributed by atoms with Crippen LogP contribution in [0.5, 0.6) is 0 Å². The fraction of sp³-hybridized carbons (Fsp3) is 0.0769. The van der Waals surface area contributed by atoms with Gasteiger partial charge in [-0.25, -0.2) is 4.79 Å². The lowest BCUT2D eigenvalue weighted by atomic mass is 10.1. The number of hydrogen-bond acceptors (Lipinski definition) is 2. The van der Waals surface area contributed by atoms with Crippen molar-refractivity contribution in [3.05, 3.63) is 69.6 Å². The lowest BCUT2D eigenvalue weighted by Gasteiger charge is -2.02. The molecule has 0 aliphatic heterocycles. The number of hydrogen-bond donors (Lipinski definition) is 2. The summed E-state index contributed by atoms with van der Waals surface area (Å²) in [5.41, 5.74) is 0.963. The largest absolute Gasteiger partial charge is 0.477 e. The van der Waals surface area contributed by atoms with E-state index >= 15 is 0 Å². The first-order valence-corrected chi connectivity index (χ1v) is 5.16. The molecule has 2 rings (SSSR count). The lowest BCUT2D eigenvalue weighted by molar-refractivity contribution is 0.0695. The van der Waals surface area contributed by atoms with E-state index in [1.165, 1.54) is 6.07 Å². The molecule has 1 aromatic carbocycles. The SMILES string of the molecule is O=C(O)c1ccc(Cc2ccccc2)[nH]c1=O. The molecule has 0 atom stereocenters. The molecule has 4 nitrogen and oxygen atoms in total. The molecule has 0 saturated heterocycles.